The second-order valence-corrected chi connectivity index (χ2v) is 4.53. The fraction of sp³-hybridized carbons (Fsp3) is 0.429. The van der Waals surface area contributed by atoms with E-state index in [1.165, 1.54) is 5.52 Å². The molecule has 2 rings (SSSR count). The van der Waals surface area contributed by atoms with Crippen molar-refractivity contribution in [2.45, 2.75) is 39.2 Å². The third kappa shape index (κ3) is 2.31. The van der Waals surface area contributed by atoms with Gasteiger partial charge in [0.2, 0.25) is 0 Å². The summed E-state index contributed by atoms with van der Waals surface area (Å²) in [6.45, 7) is 5.19. The van der Waals surface area contributed by atoms with Gasteiger partial charge < -0.3 is 4.57 Å². The molecule has 2 aromatic rings. The standard InChI is InChI=1S/C14H17N3/c1-11(2)14-16-12-7-3-4-8-13(12)17(14)10-6-5-9-15/h3-4,7-8,11H,5-6,10H2,1-2H3. The number of para-hydroxylation sites is 2. The van der Waals surface area contributed by atoms with Crippen LogP contribution in [0.5, 0.6) is 0 Å². The topological polar surface area (TPSA) is 41.6 Å². The molecule has 0 atom stereocenters. The number of unbranched alkanes of at least 4 members (excludes halogenated alkanes) is 1. The lowest BCUT2D eigenvalue weighted by Gasteiger charge is -2.10. The van der Waals surface area contributed by atoms with Gasteiger partial charge in [-0.25, -0.2) is 4.98 Å². The van der Waals surface area contributed by atoms with Gasteiger partial charge in [0.05, 0.1) is 17.1 Å². The predicted octanol–water partition coefficient (Wildman–Crippen LogP) is 3.46. The van der Waals surface area contributed by atoms with Crippen molar-refractivity contribution in [3.05, 3.63) is 30.1 Å². The lowest BCUT2D eigenvalue weighted by Crippen LogP contribution is -2.05. The van der Waals surface area contributed by atoms with Crippen LogP contribution in [0.1, 0.15) is 38.4 Å². The van der Waals surface area contributed by atoms with E-state index < -0.39 is 0 Å². The smallest absolute Gasteiger partial charge is 0.112 e. The molecule has 0 saturated carbocycles. The Morgan fingerprint density at radius 1 is 1.35 bits per heavy atom. The van der Waals surface area contributed by atoms with Gasteiger partial charge in [-0.2, -0.15) is 5.26 Å². The highest BCUT2D eigenvalue weighted by Gasteiger charge is 2.12. The van der Waals surface area contributed by atoms with Gasteiger partial charge in [-0.05, 0) is 18.6 Å². The second-order valence-electron chi connectivity index (χ2n) is 4.53. The number of imidazole rings is 1. The monoisotopic (exact) mass is 227 g/mol. The lowest BCUT2D eigenvalue weighted by atomic mass is 10.2. The molecular formula is C14H17N3. The molecule has 1 aromatic heterocycles. The molecule has 1 aromatic carbocycles. The van der Waals surface area contributed by atoms with Crippen molar-refractivity contribution in [2.24, 2.45) is 0 Å². The number of hydrogen-bond donors (Lipinski definition) is 0. The second kappa shape index (κ2) is 5.01. The average molecular weight is 227 g/mol. The van der Waals surface area contributed by atoms with Gasteiger partial charge in [0.15, 0.2) is 0 Å². The van der Waals surface area contributed by atoms with Gasteiger partial charge in [0, 0.05) is 18.9 Å². The van der Waals surface area contributed by atoms with Crippen molar-refractivity contribution in [3.8, 4) is 6.07 Å². The molecule has 3 heteroatoms. The van der Waals surface area contributed by atoms with Crippen LogP contribution in [0.3, 0.4) is 0 Å². The predicted molar refractivity (Wildman–Crippen MR) is 68.7 cm³/mol. The van der Waals surface area contributed by atoms with Crippen LogP contribution in [0.15, 0.2) is 24.3 Å². The molecule has 88 valence electrons. The first kappa shape index (κ1) is 11.7. The van der Waals surface area contributed by atoms with E-state index >= 15 is 0 Å². The van der Waals surface area contributed by atoms with Crippen LogP contribution in [0.25, 0.3) is 11.0 Å². The minimum Gasteiger partial charge on any atom is -0.328 e. The summed E-state index contributed by atoms with van der Waals surface area (Å²) in [6, 6.07) is 10.4. The zero-order valence-corrected chi connectivity index (χ0v) is 10.3. The van der Waals surface area contributed by atoms with Crippen LogP contribution in [0, 0.1) is 11.3 Å². The maximum absolute atomic E-state index is 8.61. The van der Waals surface area contributed by atoms with Crippen LogP contribution < -0.4 is 0 Å². The lowest BCUT2D eigenvalue weighted by molar-refractivity contribution is 0.609. The van der Waals surface area contributed by atoms with Gasteiger partial charge in [-0.1, -0.05) is 26.0 Å². The Balaban J connectivity index is 2.42. The molecule has 0 amide bonds. The van der Waals surface area contributed by atoms with Gasteiger partial charge in [0.1, 0.15) is 5.82 Å². The van der Waals surface area contributed by atoms with Crippen LogP contribution in [0.4, 0.5) is 0 Å². The zero-order chi connectivity index (χ0) is 12.3. The van der Waals surface area contributed by atoms with Crippen molar-refractivity contribution < 1.29 is 0 Å². The number of benzene rings is 1. The first-order valence-corrected chi connectivity index (χ1v) is 6.06. The summed E-state index contributed by atoms with van der Waals surface area (Å²) < 4.78 is 2.25. The van der Waals surface area contributed by atoms with Crippen molar-refractivity contribution in [1.29, 1.82) is 5.26 Å². The fourth-order valence-electron chi connectivity index (χ4n) is 2.09. The largest absolute Gasteiger partial charge is 0.328 e. The molecule has 0 spiro atoms. The maximum Gasteiger partial charge on any atom is 0.112 e. The van der Waals surface area contributed by atoms with Crippen LogP contribution in [-0.4, -0.2) is 9.55 Å². The SMILES string of the molecule is CC(C)c1nc2ccccc2n1CCCC#N. The number of hydrogen-bond acceptors (Lipinski definition) is 2. The number of fused-ring (bicyclic) bond motifs is 1. The van der Waals surface area contributed by atoms with Crippen molar-refractivity contribution >= 4 is 11.0 Å². The van der Waals surface area contributed by atoms with E-state index in [4.69, 9.17) is 5.26 Å². The Morgan fingerprint density at radius 2 is 2.12 bits per heavy atom. The van der Waals surface area contributed by atoms with Crippen LogP contribution >= 0.6 is 0 Å². The van der Waals surface area contributed by atoms with Crippen LogP contribution in [-0.2, 0) is 6.54 Å². The first-order valence-electron chi connectivity index (χ1n) is 6.06. The summed E-state index contributed by atoms with van der Waals surface area (Å²) in [5.74, 6) is 1.52. The van der Waals surface area contributed by atoms with E-state index in [2.05, 4.69) is 35.5 Å². The number of nitrogens with zero attached hydrogens (tertiary/aromatic N) is 3. The third-order valence-electron chi connectivity index (χ3n) is 2.87. The maximum atomic E-state index is 8.61. The first-order chi connectivity index (χ1) is 8.24. The Bertz CT molecular complexity index is 546. The summed E-state index contributed by atoms with van der Waals surface area (Å²) >= 11 is 0. The van der Waals surface area contributed by atoms with Gasteiger partial charge in [-0.3, -0.25) is 0 Å². The molecule has 3 nitrogen and oxygen atoms in total. The van der Waals surface area contributed by atoms with Crippen molar-refractivity contribution in [1.82, 2.24) is 9.55 Å². The highest BCUT2D eigenvalue weighted by Crippen LogP contribution is 2.22. The van der Waals surface area contributed by atoms with E-state index in [0.717, 1.165) is 24.3 Å². The molecule has 0 N–H and O–H groups in total. The fourth-order valence-corrected chi connectivity index (χ4v) is 2.09. The molecule has 0 aliphatic carbocycles. The van der Waals surface area contributed by atoms with Gasteiger partial charge in [0.25, 0.3) is 0 Å². The van der Waals surface area contributed by atoms with E-state index in [1.807, 2.05) is 18.2 Å². The summed E-state index contributed by atoms with van der Waals surface area (Å²) in [7, 11) is 0. The number of rotatable bonds is 4. The molecule has 1 heterocycles. The minimum atomic E-state index is 0.407. The number of nitriles is 1. The number of aromatic nitrogens is 2. The molecule has 0 fully saturated rings. The minimum absolute atomic E-state index is 0.407. The molecule has 0 bridgehead atoms. The normalized spacial score (nSPS) is 10.9. The van der Waals surface area contributed by atoms with E-state index in [-0.39, 0.29) is 0 Å². The van der Waals surface area contributed by atoms with E-state index in [1.54, 1.807) is 0 Å². The molecule has 0 saturated heterocycles. The molecule has 0 radical (unpaired) electrons. The highest BCUT2D eigenvalue weighted by molar-refractivity contribution is 5.76. The van der Waals surface area contributed by atoms with E-state index in [9.17, 15) is 0 Å². The van der Waals surface area contributed by atoms with Crippen molar-refractivity contribution in [2.75, 3.05) is 0 Å². The Kier molecular flexibility index (Phi) is 3.43. The molecule has 0 aliphatic heterocycles. The summed E-state index contributed by atoms with van der Waals surface area (Å²) in [4.78, 5) is 4.67. The summed E-state index contributed by atoms with van der Waals surface area (Å²) in [5, 5.41) is 8.61. The zero-order valence-electron chi connectivity index (χ0n) is 10.3. The third-order valence-corrected chi connectivity index (χ3v) is 2.87. The van der Waals surface area contributed by atoms with E-state index in [0.29, 0.717) is 12.3 Å². The number of aryl methyl sites for hydroxylation is 1. The Labute approximate surface area is 102 Å². The highest BCUT2D eigenvalue weighted by atomic mass is 15.1. The average Bonchev–Trinajstić information content (AvgIpc) is 2.69. The molecule has 17 heavy (non-hydrogen) atoms. The van der Waals surface area contributed by atoms with Gasteiger partial charge >= 0.3 is 0 Å². The summed E-state index contributed by atoms with van der Waals surface area (Å²) in [6.07, 6.45) is 1.49. The Hall–Kier alpha value is -1.82. The van der Waals surface area contributed by atoms with Gasteiger partial charge in [-0.15, -0.1) is 0 Å². The Morgan fingerprint density at radius 3 is 2.82 bits per heavy atom. The molecular weight excluding hydrogens is 210 g/mol. The molecule has 0 unspecified atom stereocenters. The molecule has 0 aliphatic rings. The summed E-state index contributed by atoms with van der Waals surface area (Å²) in [5.41, 5.74) is 2.22. The van der Waals surface area contributed by atoms with Crippen LogP contribution in [0.2, 0.25) is 0 Å². The van der Waals surface area contributed by atoms with Crippen molar-refractivity contribution in [3.63, 3.8) is 0 Å². The quantitative estimate of drug-likeness (QED) is 0.750.